The molecule has 0 saturated heterocycles. The van der Waals surface area contributed by atoms with Crippen molar-refractivity contribution in [3.63, 3.8) is 0 Å². The maximum Gasteiger partial charge on any atom is 0.296 e. The van der Waals surface area contributed by atoms with Crippen LogP contribution >= 0.6 is 0 Å². The van der Waals surface area contributed by atoms with E-state index in [2.05, 4.69) is 0 Å². The summed E-state index contributed by atoms with van der Waals surface area (Å²) >= 11 is 0. The predicted molar refractivity (Wildman–Crippen MR) is 74.5 cm³/mol. The number of benzene rings is 2. The lowest BCUT2D eigenvalue weighted by Gasteiger charge is -2.08. The number of rotatable bonds is 2. The van der Waals surface area contributed by atoms with E-state index in [-0.39, 0.29) is 23.0 Å². The molecule has 3 rings (SSSR count). The number of fused-ring (bicyclic) bond motifs is 1. The monoisotopic (exact) mass is 253 g/mol. The highest BCUT2D eigenvalue weighted by molar-refractivity contribution is 5.83. The van der Waals surface area contributed by atoms with E-state index in [0.717, 1.165) is 0 Å². The third-order valence-corrected chi connectivity index (χ3v) is 2.93. The number of hydrogen-bond acceptors (Lipinski definition) is 3. The zero-order chi connectivity index (χ0) is 14.1. The molecule has 0 spiro atoms. The van der Waals surface area contributed by atoms with E-state index < -0.39 is 0 Å². The third-order valence-electron chi connectivity index (χ3n) is 2.93. The van der Waals surface area contributed by atoms with Gasteiger partial charge in [-0.2, -0.15) is 0 Å². The van der Waals surface area contributed by atoms with Gasteiger partial charge in [0, 0.05) is 0 Å². The second-order valence-corrected chi connectivity index (χ2v) is 4.07. The van der Waals surface area contributed by atoms with Crippen LogP contribution in [0.5, 0.6) is 5.95 Å². The molecule has 0 bridgehead atoms. The molecule has 0 radical (unpaired) electrons. The summed E-state index contributed by atoms with van der Waals surface area (Å²) < 4.78 is 18.8. The zero-order valence-corrected chi connectivity index (χ0v) is 10.3. The van der Waals surface area contributed by atoms with Crippen molar-refractivity contribution < 1.29 is 10.5 Å². The van der Waals surface area contributed by atoms with Crippen LogP contribution in [0.4, 0.5) is 0 Å². The molecule has 3 nitrogen and oxygen atoms in total. The van der Waals surface area contributed by atoms with Crippen molar-refractivity contribution in [2.45, 2.75) is 0 Å². The molecule has 1 aromatic heterocycles. The number of methoxy groups -OCH3 is 1. The Bertz CT molecular complexity index is 836. The van der Waals surface area contributed by atoms with Gasteiger partial charge >= 0.3 is 0 Å². The van der Waals surface area contributed by atoms with E-state index >= 15 is 0 Å². The summed E-state index contributed by atoms with van der Waals surface area (Å²) in [7, 11) is 1.45. The third kappa shape index (κ3) is 1.89. The number of ether oxygens (including phenoxy) is 1. The van der Waals surface area contributed by atoms with Crippen LogP contribution in [0.15, 0.2) is 63.8 Å². The maximum atomic E-state index is 12.6. The smallest absolute Gasteiger partial charge is 0.296 e. The molecule has 2 aromatic carbocycles. The molecule has 0 amide bonds. The molecule has 0 aliphatic rings. The van der Waals surface area contributed by atoms with Gasteiger partial charge in [-0.25, -0.2) is 0 Å². The van der Waals surface area contributed by atoms with Crippen molar-refractivity contribution in [3.8, 4) is 17.1 Å². The minimum atomic E-state index is -0.191. The summed E-state index contributed by atoms with van der Waals surface area (Å²) in [6, 6.07) is 14.1. The largest absolute Gasteiger partial charge is 0.468 e. The van der Waals surface area contributed by atoms with Gasteiger partial charge < -0.3 is 9.15 Å². The summed E-state index contributed by atoms with van der Waals surface area (Å²) in [5.41, 5.74) is 1.07. The van der Waals surface area contributed by atoms with E-state index in [9.17, 15) is 4.79 Å². The topological polar surface area (TPSA) is 39.4 Å². The summed E-state index contributed by atoms with van der Waals surface area (Å²) in [4.78, 5) is 12.6. The van der Waals surface area contributed by atoms with Crippen molar-refractivity contribution in [2.75, 3.05) is 7.11 Å². The maximum absolute atomic E-state index is 12.6. The summed E-state index contributed by atoms with van der Waals surface area (Å²) in [6.07, 6.45) is 0. The van der Waals surface area contributed by atoms with Crippen LogP contribution in [-0.4, -0.2) is 7.11 Å². The Hall–Kier alpha value is -2.55. The van der Waals surface area contributed by atoms with Crippen LogP contribution in [0.25, 0.3) is 22.1 Å². The van der Waals surface area contributed by atoms with Gasteiger partial charge in [0.15, 0.2) is 0 Å². The first-order chi connectivity index (χ1) is 9.72. The molecule has 0 fully saturated rings. The standard InChI is InChI=1S/C16H12O3/c1-18-16-14(11-7-3-2-4-8-11)15(17)12-9-5-6-10-13(12)19-16/h2-10H,1H3/i7D. The van der Waals surface area contributed by atoms with Gasteiger partial charge in [0.05, 0.1) is 13.9 Å². The Balaban J connectivity index is 2.43. The molecule has 0 atom stereocenters. The molecule has 0 aliphatic carbocycles. The molecule has 0 N–H and O–H groups in total. The van der Waals surface area contributed by atoms with E-state index in [1.54, 1.807) is 48.5 Å². The Morgan fingerprint density at radius 2 is 1.89 bits per heavy atom. The lowest BCUT2D eigenvalue weighted by molar-refractivity contribution is 0.312. The summed E-state index contributed by atoms with van der Waals surface area (Å²) in [6.45, 7) is 0. The van der Waals surface area contributed by atoms with Gasteiger partial charge in [-0.15, -0.1) is 0 Å². The molecule has 1 heterocycles. The zero-order valence-electron chi connectivity index (χ0n) is 11.3. The van der Waals surface area contributed by atoms with Crippen molar-refractivity contribution in [3.05, 3.63) is 64.8 Å². The van der Waals surface area contributed by atoms with E-state index in [1.165, 1.54) is 7.11 Å². The second-order valence-electron chi connectivity index (χ2n) is 4.07. The second kappa shape index (κ2) is 4.61. The van der Waals surface area contributed by atoms with Crippen LogP contribution in [-0.2, 0) is 0 Å². The highest BCUT2D eigenvalue weighted by Crippen LogP contribution is 2.29. The molecule has 94 valence electrons. The molecule has 3 aromatic rings. The first-order valence-corrected chi connectivity index (χ1v) is 5.88. The Morgan fingerprint density at radius 3 is 2.68 bits per heavy atom. The molecule has 0 saturated carbocycles. The highest BCUT2D eigenvalue weighted by Gasteiger charge is 2.16. The van der Waals surface area contributed by atoms with Gasteiger partial charge in [-0.1, -0.05) is 42.4 Å². The molecular weight excluding hydrogens is 240 g/mol. The molecular formula is C16H12O3. The van der Waals surface area contributed by atoms with Crippen LogP contribution in [0.1, 0.15) is 1.37 Å². The van der Waals surface area contributed by atoms with Crippen molar-refractivity contribution in [2.24, 2.45) is 0 Å². The summed E-state index contributed by atoms with van der Waals surface area (Å²) in [5, 5.41) is 0.478. The molecule has 19 heavy (non-hydrogen) atoms. The lowest BCUT2D eigenvalue weighted by Crippen LogP contribution is -2.07. The van der Waals surface area contributed by atoms with Crippen LogP contribution in [0, 0.1) is 0 Å². The van der Waals surface area contributed by atoms with Gasteiger partial charge in [-0.05, 0) is 17.7 Å². The average Bonchev–Trinajstić information content (AvgIpc) is 2.48. The minimum absolute atomic E-state index is 0.133. The fourth-order valence-corrected chi connectivity index (χ4v) is 2.05. The van der Waals surface area contributed by atoms with Crippen molar-refractivity contribution in [1.29, 1.82) is 0 Å². The van der Waals surface area contributed by atoms with E-state index in [0.29, 0.717) is 16.5 Å². The van der Waals surface area contributed by atoms with E-state index in [4.69, 9.17) is 10.5 Å². The SMILES string of the molecule is [2H]c1ccccc1-c1c(OC)oc2ccccc2c1=O. The quantitative estimate of drug-likeness (QED) is 0.702. The lowest BCUT2D eigenvalue weighted by atomic mass is 10.1. The van der Waals surface area contributed by atoms with Crippen LogP contribution < -0.4 is 10.2 Å². The Morgan fingerprint density at radius 1 is 1.11 bits per heavy atom. The van der Waals surface area contributed by atoms with Crippen molar-refractivity contribution in [1.82, 2.24) is 0 Å². The van der Waals surface area contributed by atoms with E-state index in [1.807, 2.05) is 0 Å². The predicted octanol–water partition coefficient (Wildman–Crippen LogP) is 3.47. The van der Waals surface area contributed by atoms with Crippen LogP contribution in [0.3, 0.4) is 0 Å². The number of hydrogen-bond donors (Lipinski definition) is 0. The summed E-state index contributed by atoms with van der Waals surface area (Å²) in [5.74, 6) is 0.133. The first-order valence-electron chi connectivity index (χ1n) is 6.38. The van der Waals surface area contributed by atoms with Crippen molar-refractivity contribution >= 4 is 11.0 Å². The molecule has 0 unspecified atom stereocenters. The van der Waals surface area contributed by atoms with Gasteiger partial charge in [0.25, 0.3) is 5.95 Å². The molecule has 3 heteroatoms. The fourth-order valence-electron chi connectivity index (χ4n) is 2.05. The van der Waals surface area contributed by atoms with Gasteiger partial charge in [0.2, 0.25) is 5.43 Å². The average molecular weight is 253 g/mol. The Labute approximate surface area is 111 Å². The minimum Gasteiger partial charge on any atom is -0.468 e. The number of para-hydroxylation sites is 1. The fraction of sp³-hybridized carbons (Fsp3) is 0.0625. The molecule has 0 aliphatic heterocycles. The first kappa shape index (κ1) is 10.4. The highest BCUT2D eigenvalue weighted by atomic mass is 16.6. The normalized spacial score (nSPS) is 11.3. The van der Waals surface area contributed by atoms with Crippen LogP contribution in [0.2, 0.25) is 0 Å². The van der Waals surface area contributed by atoms with Gasteiger partial charge in [0.1, 0.15) is 11.1 Å². The van der Waals surface area contributed by atoms with Gasteiger partial charge in [-0.3, -0.25) is 4.79 Å². The Kier molecular flexibility index (Phi) is 2.52.